The zero-order chi connectivity index (χ0) is 22.4. The van der Waals surface area contributed by atoms with Gasteiger partial charge in [0.15, 0.2) is 0 Å². The monoisotopic (exact) mass is 452 g/mol. The zero-order valence-electron chi connectivity index (χ0n) is 18.6. The largest absolute Gasteiger partial charge is 0.396 e. The molecule has 0 radical (unpaired) electrons. The predicted molar refractivity (Wildman–Crippen MR) is 127 cm³/mol. The Morgan fingerprint density at radius 1 is 0.733 bits per heavy atom. The van der Waals surface area contributed by atoms with Crippen molar-refractivity contribution in [3.63, 3.8) is 0 Å². The maximum atomic E-state index is 12.7. The molecule has 2 unspecified atom stereocenters. The average molecular weight is 453 g/mol. The summed E-state index contributed by atoms with van der Waals surface area (Å²) in [6.07, 6.45) is 16.3. The number of allylic oxidation sites excluding steroid dienone is 8. The molecule has 0 aromatic heterocycles. The minimum absolute atomic E-state index is 0.103. The molecule has 2 aliphatic heterocycles. The highest BCUT2D eigenvalue weighted by atomic mass is 32.2. The van der Waals surface area contributed by atoms with Crippen molar-refractivity contribution in [3.8, 4) is 0 Å². The van der Waals surface area contributed by atoms with Crippen molar-refractivity contribution in [1.29, 1.82) is 0 Å². The first-order valence-electron chi connectivity index (χ1n) is 10.6. The Morgan fingerprint density at radius 2 is 1.10 bits per heavy atom. The minimum Gasteiger partial charge on any atom is -0.396 e. The number of aliphatic hydroxyl groups excluding tert-OH is 2. The zero-order valence-corrected chi connectivity index (χ0v) is 20.3. The van der Waals surface area contributed by atoms with Crippen molar-refractivity contribution >= 4 is 21.6 Å². The van der Waals surface area contributed by atoms with Crippen molar-refractivity contribution in [1.82, 2.24) is 0 Å². The Morgan fingerprint density at radius 3 is 1.43 bits per heavy atom. The van der Waals surface area contributed by atoms with Gasteiger partial charge in [0.1, 0.15) is 0 Å². The second-order valence-corrected chi connectivity index (χ2v) is 12.7. The maximum Gasteiger partial charge on any atom is 0.0808 e. The molecular weight excluding hydrogens is 416 g/mol. The van der Waals surface area contributed by atoms with Gasteiger partial charge < -0.3 is 10.2 Å². The number of aliphatic hydroxyl groups is 2. The van der Waals surface area contributed by atoms with Crippen molar-refractivity contribution in [2.24, 2.45) is 10.8 Å². The first kappa shape index (κ1) is 25.2. The van der Waals surface area contributed by atoms with E-state index in [-0.39, 0.29) is 24.0 Å². The quantitative estimate of drug-likeness (QED) is 0.438. The lowest BCUT2D eigenvalue weighted by molar-refractivity contribution is 0.148. The molecule has 0 bridgehead atoms. The molecule has 0 aliphatic carbocycles. The minimum atomic E-state index is -1.16. The van der Waals surface area contributed by atoms with E-state index < -0.39 is 21.6 Å². The lowest BCUT2D eigenvalue weighted by atomic mass is 9.88. The summed E-state index contributed by atoms with van der Waals surface area (Å²) in [6, 6.07) is 0. The van der Waals surface area contributed by atoms with Gasteiger partial charge in [0, 0.05) is 32.8 Å². The van der Waals surface area contributed by atoms with Crippen LogP contribution in [0.1, 0.15) is 66.2 Å². The fourth-order valence-corrected chi connectivity index (χ4v) is 5.71. The first-order valence-corrected chi connectivity index (χ1v) is 12.9. The molecule has 2 aliphatic rings. The van der Waals surface area contributed by atoms with E-state index >= 15 is 0 Å². The SMILES string of the molecule is CC(C)(CO)CCCC1=CC=C(/C=C\C2=CC=C(CCCC(C)(C)CO)S2=O)S1=O. The van der Waals surface area contributed by atoms with Crippen molar-refractivity contribution in [2.45, 2.75) is 66.2 Å². The molecule has 30 heavy (non-hydrogen) atoms. The summed E-state index contributed by atoms with van der Waals surface area (Å²) in [4.78, 5) is 3.30. The van der Waals surface area contributed by atoms with Gasteiger partial charge in [-0.1, -0.05) is 27.7 Å². The van der Waals surface area contributed by atoms with Crippen LogP contribution in [0.2, 0.25) is 0 Å². The van der Waals surface area contributed by atoms with Gasteiger partial charge in [-0.25, -0.2) is 8.42 Å². The lowest BCUT2D eigenvalue weighted by Crippen LogP contribution is -2.16. The van der Waals surface area contributed by atoms with Crippen LogP contribution in [0.5, 0.6) is 0 Å². The maximum absolute atomic E-state index is 12.7. The summed E-state index contributed by atoms with van der Waals surface area (Å²) in [5.74, 6) is 0. The van der Waals surface area contributed by atoms with Crippen LogP contribution in [0.15, 0.2) is 56.1 Å². The molecule has 0 saturated heterocycles. The van der Waals surface area contributed by atoms with Crippen LogP contribution >= 0.6 is 0 Å². The third-order valence-electron chi connectivity index (χ3n) is 5.59. The van der Waals surface area contributed by atoms with Gasteiger partial charge >= 0.3 is 0 Å². The van der Waals surface area contributed by atoms with E-state index in [9.17, 15) is 18.6 Å². The number of hydrogen-bond donors (Lipinski definition) is 2. The highest BCUT2D eigenvalue weighted by molar-refractivity contribution is 7.93. The molecule has 0 aromatic carbocycles. The van der Waals surface area contributed by atoms with Gasteiger partial charge in [-0.05, 0) is 85.8 Å². The Bertz CT molecular complexity index is 758. The average Bonchev–Trinajstić information content (AvgIpc) is 3.23. The van der Waals surface area contributed by atoms with Crippen LogP contribution in [-0.4, -0.2) is 31.8 Å². The summed E-state index contributed by atoms with van der Waals surface area (Å²) in [7, 11) is -2.32. The van der Waals surface area contributed by atoms with Crippen LogP contribution in [0.3, 0.4) is 0 Å². The summed E-state index contributed by atoms with van der Waals surface area (Å²) in [6.45, 7) is 8.44. The van der Waals surface area contributed by atoms with Gasteiger partial charge in [0.05, 0.1) is 21.6 Å². The molecule has 2 heterocycles. The normalized spacial score (nSPS) is 22.3. The van der Waals surface area contributed by atoms with Gasteiger partial charge in [-0.2, -0.15) is 0 Å². The van der Waals surface area contributed by atoms with Crippen LogP contribution in [0.4, 0.5) is 0 Å². The topological polar surface area (TPSA) is 74.6 Å². The van der Waals surface area contributed by atoms with Crippen molar-refractivity contribution in [2.75, 3.05) is 13.2 Å². The highest BCUT2D eigenvalue weighted by Crippen LogP contribution is 2.31. The predicted octanol–water partition coefficient (Wildman–Crippen LogP) is 4.98. The standard InChI is InChI=1S/C24H36O4S2/c1-23(2,17-25)15-5-7-19-9-11-21(29(19)27)13-14-22-12-10-20(30(22)28)8-6-16-24(3,4)18-26/h9-14,25-26H,5-8,15-18H2,1-4H3/b14-13-. The van der Waals surface area contributed by atoms with E-state index in [2.05, 4.69) is 0 Å². The molecule has 168 valence electrons. The molecule has 0 amide bonds. The van der Waals surface area contributed by atoms with Crippen molar-refractivity contribution < 1.29 is 18.6 Å². The van der Waals surface area contributed by atoms with E-state index in [4.69, 9.17) is 0 Å². The van der Waals surface area contributed by atoms with Gasteiger partial charge in [0.25, 0.3) is 0 Å². The summed E-state index contributed by atoms with van der Waals surface area (Å²) >= 11 is 0. The highest BCUT2D eigenvalue weighted by Gasteiger charge is 2.21. The van der Waals surface area contributed by atoms with E-state index in [1.54, 1.807) is 0 Å². The summed E-state index contributed by atoms with van der Waals surface area (Å²) < 4.78 is 25.4. The third-order valence-corrected chi connectivity index (χ3v) is 8.63. The Kier molecular flexibility index (Phi) is 9.22. The van der Waals surface area contributed by atoms with Crippen LogP contribution in [-0.2, 0) is 21.6 Å². The second-order valence-electron chi connectivity index (χ2n) is 9.63. The van der Waals surface area contributed by atoms with Gasteiger partial charge in [0.2, 0.25) is 0 Å². The molecule has 0 saturated carbocycles. The number of hydrogen-bond acceptors (Lipinski definition) is 4. The fourth-order valence-electron chi connectivity index (χ4n) is 3.29. The van der Waals surface area contributed by atoms with Crippen molar-refractivity contribution in [3.05, 3.63) is 56.1 Å². The Hall–Kier alpha value is -1.08. The van der Waals surface area contributed by atoms with Gasteiger partial charge in [-0.3, -0.25) is 0 Å². The first-order chi connectivity index (χ1) is 14.1. The molecule has 0 aromatic rings. The molecular formula is C24H36O4S2. The summed E-state index contributed by atoms with van der Waals surface area (Å²) in [5.41, 5.74) is -0.206. The summed E-state index contributed by atoms with van der Waals surface area (Å²) in [5, 5.41) is 18.7. The molecule has 2 rings (SSSR count). The third kappa shape index (κ3) is 7.26. The number of rotatable bonds is 12. The molecule has 0 fully saturated rings. The van der Waals surface area contributed by atoms with Crippen LogP contribution < -0.4 is 0 Å². The van der Waals surface area contributed by atoms with E-state index in [1.807, 2.05) is 64.2 Å². The Balaban J connectivity index is 1.80. The van der Waals surface area contributed by atoms with E-state index in [0.29, 0.717) is 0 Å². The van der Waals surface area contributed by atoms with Crippen LogP contribution in [0.25, 0.3) is 0 Å². The molecule has 4 nitrogen and oxygen atoms in total. The molecule has 6 heteroatoms. The Labute approximate surface area is 186 Å². The second kappa shape index (κ2) is 11.0. The molecule has 2 atom stereocenters. The molecule has 0 spiro atoms. The van der Waals surface area contributed by atoms with Crippen LogP contribution in [0, 0.1) is 10.8 Å². The van der Waals surface area contributed by atoms with E-state index in [0.717, 1.165) is 58.1 Å². The van der Waals surface area contributed by atoms with E-state index in [1.165, 1.54) is 0 Å². The molecule has 2 N–H and O–H groups in total. The lowest BCUT2D eigenvalue weighted by Gasteiger charge is -2.21. The fraction of sp³-hybridized carbons (Fsp3) is 0.583. The van der Waals surface area contributed by atoms with Gasteiger partial charge in [-0.15, -0.1) is 0 Å². The smallest absolute Gasteiger partial charge is 0.0808 e.